The Morgan fingerprint density at radius 2 is 2.17 bits per heavy atom. The molecular weight excluding hydrogens is 224 g/mol. The first-order chi connectivity index (χ1) is 8.70. The molecule has 1 aliphatic carbocycles. The molecule has 1 amide bonds. The smallest absolute Gasteiger partial charge is 0.251 e. The van der Waals surface area contributed by atoms with E-state index in [0.29, 0.717) is 0 Å². The Bertz CT molecular complexity index is 425. The minimum absolute atomic E-state index is 0.0417. The molecule has 0 bridgehead atoms. The van der Waals surface area contributed by atoms with Crippen LogP contribution in [0, 0.1) is 12.8 Å². The molecule has 0 heterocycles. The summed E-state index contributed by atoms with van der Waals surface area (Å²) >= 11 is 0. The third-order valence-corrected chi connectivity index (χ3v) is 3.82. The van der Waals surface area contributed by atoms with Crippen LogP contribution in [0.1, 0.15) is 41.6 Å². The van der Waals surface area contributed by atoms with Crippen LogP contribution in [-0.4, -0.2) is 19.5 Å². The molecule has 0 atom stereocenters. The van der Waals surface area contributed by atoms with E-state index >= 15 is 0 Å². The molecule has 1 aromatic carbocycles. The first-order valence-electron chi connectivity index (χ1n) is 6.77. The Labute approximate surface area is 109 Å². The Hall–Kier alpha value is -1.51. The Morgan fingerprint density at radius 1 is 1.39 bits per heavy atom. The van der Waals surface area contributed by atoms with Gasteiger partial charge in [0, 0.05) is 24.8 Å². The SMILES string of the molecule is CNc1ccc(C(=O)NCCC2CCC2)cc1C. The lowest BCUT2D eigenvalue weighted by atomic mass is 9.83. The van der Waals surface area contributed by atoms with Crippen molar-refractivity contribution in [3.05, 3.63) is 29.3 Å². The van der Waals surface area contributed by atoms with Crippen LogP contribution in [0.2, 0.25) is 0 Å². The van der Waals surface area contributed by atoms with Gasteiger partial charge in [-0.3, -0.25) is 4.79 Å². The zero-order chi connectivity index (χ0) is 13.0. The summed E-state index contributed by atoms with van der Waals surface area (Å²) in [6, 6.07) is 5.76. The fraction of sp³-hybridized carbons (Fsp3) is 0.533. The molecule has 0 spiro atoms. The van der Waals surface area contributed by atoms with Gasteiger partial charge < -0.3 is 10.6 Å². The maximum absolute atomic E-state index is 12.0. The van der Waals surface area contributed by atoms with E-state index in [0.717, 1.165) is 35.7 Å². The van der Waals surface area contributed by atoms with Crippen LogP contribution in [-0.2, 0) is 0 Å². The third-order valence-electron chi connectivity index (χ3n) is 3.82. The summed E-state index contributed by atoms with van der Waals surface area (Å²) in [4.78, 5) is 12.0. The summed E-state index contributed by atoms with van der Waals surface area (Å²) in [7, 11) is 1.89. The lowest BCUT2D eigenvalue weighted by molar-refractivity contribution is 0.0949. The Kier molecular flexibility index (Phi) is 4.24. The van der Waals surface area contributed by atoms with Gasteiger partial charge >= 0.3 is 0 Å². The molecule has 0 unspecified atom stereocenters. The average molecular weight is 246 g/mol. The lowest BCUT2D eigenvalue weighted by Crippen LogP contribution is -2.27. The standard InChI is InChI=1S/C15H22N2O/c1-11-10-13(6-7-14(11)16-2)15(18)17-9-8-12-4-3-5-12/h6-7,10,12,16H,3-5,8-9H2,1-2H3,(H,17,18). The summed E-state index contributed by atoms with van der Waals surface area (Å²) in [5.74, 6) is 0.888. The quantitative estimate of drug-likeness (QED) is 0.838. The van der Waals surface area contributed by atoms with Crippen molar-refractivity contribution in [1.29, 1.82) is 0 Å². The van der Waals surface area contributed by atoms with Crippen LogP contribution < -0.4 is 10.6 Å². The molecule has 18 heavy (non-hydrogen) atoms. The van der Waals surface area contributed by atoms with Gasteiger partial charge in [-0.2, -0.15) is 0 Å². The van der Waals surface area contributed by atoms with Gasteiger partial charge in [-0.15, -0.1) is 0 Å². The summed E-state index contributed by atoms with van der Waals surface area (Å²) in [5.41, 5.74) is 2.92. The lowest BCUT2D eigenvalue weighted by Gasteiger charge is -2.25. The van der Waals surface area contributed by atoms with E-state index in [1.807, 2.05) is 32.2 Å². The second-order valence-corrected chi connectivity index (χ2v) is 5.12. The minimum atomic E-state index is 0.0417. The number of hydrogen-bond acceptors (Lipinski definition) is 2. The number of amides is 1. The molecule has 1 saturated carbocycles. The number of carbonyl (C=O) groups excluding carboxylic acids is 1. The highest BCUT2D eigenvalue weighted by Crippen LogP contribution is 2.28. The molecule has 0 radical (unpaired) electrons. The molecule has 1 aliphatic rings. The minimum Gasteiger partial charge on any atom is -0.388 e. The van der Waals surface area contributed by atoms with Gasteiger partial charge in [0.2, 0.25) is 0 Å². The van der Waals surface area contributed by atoms with Gasteiger partial charge in [0.15, 0.2) is 0 Å². The van der Waals surface area contributed by atoms with E-state index in [1.165, 1.54) is 19.3 Å². The monoisotopic (exact) mass is 246 g/mol. The highest BCUT2D eigenvalue weighted by atomic mass is 16.1. The number of aryl methyl sites for hydroxylation is 1. The van der Waals surface area contributed by atoms with Crippen molar-refractivity contribution in [2.75, 3.05) is 18.9 Å². The number of hydrogen-bond donors (Lipinski definition) is 2. The van der Waals surface area contributed by atoms with Crippen LogP contribution in [0.25, 0.3) is 0 Å². The molecule has 0 saturated heterocycles. The van der Waals surface area contributed by atoms with Crippen molar-refractivity contribution in [1.82, 2.24) is 5.32 Å². The van der Waals surface area contributed by atoms with E-state index in [9.17, 15) is 4.79 Å². The number of benzene rings is 1. The predicted molar refractivity (Wildman–Crippen MR) is 75.0 cm³/mol. The number of rotatable bonds is 5. The fourth-order valence-corrected chi connectivity index (χ4v) is 2.36. The molecule has 1 fully saturated rings. The molecule has 3 heteroatoms. The summed E-state index contributed by atoms with van der Waals surface area (Å²) in [6.45, 7) is 2.81. The molecule has 98 valence electrons. The predicted octanol–water partition coefficient (Wildman–Crippen LogP) is 2.96. The molecule has 0 aromatic heterocycles. The van der Waals surface area contributed by atoms with Crippen LogP contribution in [0.4, 0.5) is 5.69 Å². The molecule has 3 nitrogen and oxygen atoms in total. The first-order valence-corrected chi connectivity index (χ1v) is 6.77. The van der Waals surface area contributed by atoms with Gasteiger partial charge in [-0.1, -0.05) is 19.3 Å². The highest BCUT2D eigenvalue weighted by Gasteiger charge is 2.17. The average Bonchev–Trinajstić information content (AvgIpc) is 2.32. The number of anilines is 1. The van der Waals surface area contributed by atoms with Crippen molar-refractivity contribution in [3.8, 4) is 0 Å². The van der Waals surface area contributed by atoms with Gasteiger partial charge in [0.1, 0.15) is 0 Å². The van der Waals surface area contributed by atoms with Crippen LogP contribution in [0.5, 0.6) is 0 Å². The van der Waals surface area contributed by atoms with Crippen molar-refractivity contribution in [3.63, 3.8) is 0 Å². The van der Waals surface area contributed by atoms with Crippen molar-refractivity contribution in [2.24, 2.45) is 5.92 Å². The van der Waals surface area contributed by atoms with Gasteiger partial charge in [0.25, 0.3) is 5.91 Å². The van der Waals surface area contributed by atoms with Crippen molar-refractivity contribution < 1.29 is 4.79 Å². The maximum atomic E-state index is 12.0. The largest absolute Gasteiger partial charge is 0.388 e. The van der Waals surface area contributed by atoms with Gasteiger partial charge in [0.05, 0.1) is 0 Å². The van der Waals surface area contributed by atoms with Crippen LogP contribution >= 0.6 is 0 Å². The highest BCUT2D eigenvalue weighted by molar-refractivity contribution is 5.94. The fourth-order valence-electron chi connectivity index (χ4n) is 2.36. The third kappa shape index (κ3) is 3.03. The summed E-state index contributed by atoms with van der Waals surface area (Å²) < 4.78 is 0. The maximum Gasteiger partial charge on any atom is 0.251 e. The summed E-state index contributed by atoms with van der Waals surface area (Å²) in [6.07, 6.45) is 5.17. The second-order valence-electron chi connectivity index (χ2n) is 5.12. The molecule has 1 aromatic rings. The molecule has 0 aliphatic heterocycles. The second kappa shape index (κ2) is 5.89. The topological polar surface area (TPSA) is 41.1 Å². The Morgan fingerprint density at radius 3 is 2.72 bits per heavy atom. The van der Waals surface area contributed by atoms with Gasteiger partial charge in [-0.25, -0.2) is 0 Å². The van der Waals surface area contributed by atoms with Crippen LogP contribution in [0.3, 0.4) is 0 Å². The molecular formula is C15H22N2O. The van der Waals surface area contributed by atoms with Crippen molar-refractivity contribution >= 4 is 11.6 Å². The van der Waals surface area contributed by atoms with E-state index in [2.05, 4.69) is 10.6 Å². The molecule has 2 N–H and O–H groups in total. The van der Waals surface area contributed by atoms with Crippen molar-refractivity contribution in [2.45, 2.75) is 32.6 Å². The molecule has 2 rings (SSSR count). The number of carbonyl (C=O) groups is 1. The van der Waals surface area contributed by atoms with E-state index in [1.54, 1.807) is 0 Å². The van der Waals surface area contributed by atoms with Gasteiger partial charge in [-0.05, 0) is 43.0 Å². The van der Waals surface area contributed by atoms with E-state index in [4.69, 9.17) is 0 Å². The van der Waals surface area contributed by atoms with E-state index in [-0.39, 0.29) is 5.91 Å². The van der Waals surface area contributed by atoms with E-state index < -0.39 is 0 Å². The normalized spacial score (nSPS) is 15.0. The number of nitrogens with one attached hydrogen (secondary N) is 2. The zero-order valence-corrected chi connectivity index (χ0v) is 11.3. The first kappa shape index (κ1) is 12.9. The zero-order valence-electron chi connectivity index (χ0n) is 11.3. The Balaban J connectivity index is 1.85. The van der Waals surface area contributed by atoms with Crippen LogP contribution in [0.15, 0.2) is 18.2 Å². The summed E-state index contributed by atoms with van der Waals surface area (Å²) in [5, 5.41) is 6.11.